The summed E-state index contributed by atoms with van der Waals surface area (Å²) >= 11 is 1.32. The second kappa shape index (κ2) is 10.5. The molecule has 1 amide bonds. The molecule has 33 heavy (non-hydrogen) atoms. The average molecular weight is 458 g/mol. The zero-order valence-corrected chi connectivity index (χ0v) is 19.6. The van der Waals surface area contributed by atoms with Gasteiger partial charge in [0.1, 0.15) is 0 Å². The molecule has 4 rings (SSSR count). The summed E-state index contributed by atoms with van der Waals surface area (Å²) in [6.45, 7) is 4.34. The zero-order valence-electron chi connectivity index (χ0n) is 18.8. The molecule has 0 aliphatic carbocycles. The van der Waals surface area contributed by atoms with Crippen molar-refractivity contribution in [1.82, 2.24) is 9.55 Å². The van der Waals surface area contributed by atoms with E-state index in [4.69, 9.17) is 4.98 Å². The topological polar surface area (TPSA) is 64.0 Å². The van der Waals surface area contributed by atoms with Crippen LogP contribution in [0.25, 0.3) is 10.9 Å². The number of thioether (sulfide) groups is 1. The highest BCUT2D eigenvalue weighted by molar-refractivity contribution is 8.00. The van der Waals surface area contributed by atoms with Crippen molar-refractivity contribution >= 4 is 34.3 Å². The van der Waals surface area contributed by atoms with Crippen molar-refractivity contribution in [3.8, 4) is 0 Å². The quantitative estimate of drug-likeness (QED) is 0.282. The van der Waals surface area contributed by atoms with Gasteiger partial charge < -0.3 is 5.32 Å². The number of amides is 1. The standard InChI is InChI=1S/C27H27N3O2S/c1-19-11-6-8-16-23(19)28-25(31)20(2)33-27-29-24-17-9-7-15-22(24)26(32)30(27)18-10-14-21-12-4-3-5-13-21/h3-9,11-13,15-17,20H,10,14,18H2,1-2H3,(H,28,31). The zero-order chi connectivity index (χ0) is 23.2. The van der Waals surface area contributed by atoms with Gasteiger partial charge in [0.15, 0.2) is 5.16 Å². The number of nitrogens with zero attached hydrogens (tertiary/aromatic N) is 2. The molecule has 6 heteroatoms. The number of hydrogen-bond acceptors (Lipinski definition) is 4. The molecule has 5 nitrogen and oxygen atoms in total. The fourth-order valence-electron chi connectivity index (χ4n) is 3.68. The van der Waals surface area contributed by atoms with Crippen LogP contribution in [0.5, 0.6) is 0 Å². The number of aryl methyl sites for hydroxylation is 2. The first-order valence-corrected chi connectivity index (χ1v) is 12.0. The molecule has 0 aliphatic heterocycles. The predicted octanol–water partition coefficient (Wildman–Crippen LogP) is 5.46. The van der Waals surface area contributed by atoms with E-state index in [2.05, 4.69) is 17.4 Å². The largest absolute Gasteiger partial charge is 0.325 e. The summed E-state index contributed by atoms with van der Waals surface area (Å²) in [4.78, 5) is 30.9. The van der Waals surface area contributed by atoms with Crippen molar-refractivity contribution in [2.75, 3.05) is 5.32 Å². The van der Waals surface area contributed by atoms with E-state index in [0.29, 0.717) is 22.6 Å². The molecule has 3 aromatic carbocycles. The Labute approximate surface area is 197 Å². The summed E-state index contributed by atoms with van der Waals surface area (Å²) in [5.74, 6) is -0.118. The monoisotopic (exact) mass is 457 g/mol. The smallest absolute Gasteiger partial charge is 0.262 e. The maximum atomic E-state index is 13.3. The van der Waals surface area contributed by atoms with Crippen LogP contribution in [0.3, 0.4) is 0 Å². The van der Waals surface area contributed by atoms with Gasteiger partial charge in [-0.2, -0.15) is 0 Å². The molecule has 1 unspecified atom stereocenters. The van der Waals surface area contributed by atoms with Gasteiger partial charge in [-0.1, -0.05) is 72.4 Å². The van der Waals surface area contributed by atoms with Gasteiger partial charge in [0.2, 0.25) is 5.91 Å². The fraction of sp³-hybridized carbons (Fsp3) is 0.222. The number of nitrogens with one attached hydrogen (secondary N) is 1. The number of fused-ring (bicyclic) bond motifs is 1. The van der Waals surface area contributed by atoms with Crippen molar-refractivity contribution in [2.24, 2.45) is 0 Å². The Bertz CT molecular complexity index is 1320. The van der Waals surface area contributed by atoms with Gasteiger partial charge in [-0.15, -0.1) is 0 Å². The molecule has 168 valence electrons. The molecule has 0 bridgehead atoms. The van der Waals surface area contributed by atoms with Crippen LogP contribution in [-0.2, 0) is 17.8 Å². The van der Waals surface area contributed by atoms with E-state index in [1.807, 2.05) is 74.5 Å². The molecular formula is C27H27N3O2S. The normalized spacial score (nSPS) is 11.9. The van der Waals surface area contributed by atoms with Gasteiger partial charge in [0.25, 0.3) is 5.56 Å². The third kappa shape index (κ3) is 5.52. The highest BCUT2D eigenvalue weighted by Gasteiger charge is 2.20. The molecule has 0 saturated carbocycles. The third-order valence-electron chi connectivity index (χ3n) is 5.57. The van der Waals surface area contributed by atoms with Crippen molar-refractivity contribution in [3.05, 3.63) is 100 Å². The molecule has 1 N–H and O–H groups in total. The maximum Gasteiger partial charge on any atom is 0.262 e. The number of hydrogen-bond donors (Lipinski definition) is 1. The lowest BCUT2D eigenvalue weighted by Crippen LogP contribution is -2.27. The van der Waals surface area contributed by atoms with Gasteiger partial charge in [-0.05, 0) is 56.0 Å². The fourth-order valence-corrected chi connectivity index (χ4v) is 4.61. The maximum absolute atomic E-state index is 13.3. The molecule has 1 heterocycles. The van der Waals surface area contributed by atoms with E-state index in [1.54, 1.807) is 10.6 Å². The Kier molecular flexibility index (Phi) is 7.25. The minimum Gasteiger partial charge on any atom is -0.325 e. The third-order valence-corrected chi connectivity index (χ3v) is 6.66. The van der Waals surface area contributed by atoms with Crippen LogP contribution in [0.15, 0.2) is 88.8 Å². The molecule has 4 aromatic rings. The number of anilines is 1. The summed E-state index contributed by atoms with van der Waals surface area (Å²) in [7, 11) is 0. The number of carbonyl (C=O) groups is 1. The molecule has 0 saturated heterocycles. The summed E-state index contributed by atoms with van der Waals surface area (Å²) in [5.41, 5.74) is 3.62. The molecular weight excluding hydrogens is 430 g/mol. The molecule has 0 radical (unpaired) electrons. The Morgan fingerprint density at radius 3 is 2.48 bits per heavy atom. The van der Waals surface area contributed by atoms with Crippen LogP contribution in [0.4, 0.5) is 5.69 Å². The highest BCUT2D eigenvalue weighted by atomic mass is 32.2. The van der Waals surface area contributed by atoms with Crippen LogP contribution >= 0.6 is 11.8 Å². The number of benzene rings is 3. The average Bonchev–Trinajstić information content (AvgIpc) is 2.83. The van der Waals surface area contributed by atoms with E-state index in [-0.39, 0.29) is 11.5 Å². The summed E-state index contributed by atoms with van der Waals surface area (Å²) in [6, 6.07) is 25.3. The van der Waals surface area contributed by atoms with Crippen LogP contribution < -0.4 is 10.9 Å². The van der Waals surface area contributed by atoms with E-state index in [0.717, 1.165) is 24.1 Å². The van der Waals surface area contributed by atoms with Crippen molar-refractivity contribution in [2.45, 2.75) is 43.6 Å². The summed E-state index contributed by atoms with van der Waals surface area (Å²) in [6.07, 6.45) is 1.68. The highest BCUT2D eigenvalue weighted by Crippen LogP contribution is 2.24. The SMILES string of the molecule is Cc1ccccc1NC(=O)C(C)Sc1nc2ccccc2c(=O)n1CCCc1ccccc1. The van der Waals surface area contributed by atoms with Gasteiger partial charge in [-0.25, -0.2) is 4.98 Å². The molecule has 1 aromatic heterocycles. The van der Waals surface area contributed by atoms with Gasteiger partial charge >= 0.3 is 0 Å². The minimum atomic E-state index is -0.418. The number of aromatic nitrogens is 2. The first-order valence-electron chi connectivity index (χ1n) is 11.1. The molecule has 0 spiro atoms. The van der Waals surface area contributed by atoms with E-state index >= 15 is 0 Å². The van der Waals surface area contributed by atoms with Crippen molar-refractivity contribution < 1.29 is 4.79 Å². The van der Waals surface area contributed by atoms with E-state index in [1.165, 1.54) is 17.3 Å². The van der Waals surface area contributed by atoms with Crippen LogP contribution in [0.1, 0.15) is 24.5 Å². The summed E-state index contributed by atoms with van der Waals surface area (Å²) in [5, 5.41) is 3.74. The Morgan fingerprint density at radius 1 is 1.00 bits per heavy atom. The predicted molar refractivity (Wildman–Crippen MR) is 136 cm³/mol. The number of carbonyl (C=O) groups excluding carboxylic acids is 1. The van der Waals surface area contributed by atoms with Crippen LogP contribution in [0, 0.1) is 6.92 Å². The van der Waals surface area contributed by atoms with Gasteiger partial charge in [0.05, 0.1) is 16.2 Å². The summed E-state index contributed by atoms with van der Waals surface area (Å²) < 4.78 is 1.72. The number of para-hydroxylation sites is 2. The first kappa shape index (κ1) is 22.8. The Balaban J connectivity index is 1.57. The lowest BCUT2D eigenvalue weighted by molar-refractivity contribution is -0.115. The first-order chi connectivity index (χ1) is 16.0. The second-order valence-electron chi connectivity index (χ2n) is 8.02. The minimum absolute atomic E-state index is 0.0670. The molecule has 1 atom stereocenters. The van der Waals surface area contributed by atoms with Crippen LogP contribution in [0.2, 0.25) is 0 Å². The Morgan fingerprint density at radius 2 is 1.70 bits per heavy atom. The lowest BCUT2D eigenvalue weighted by atomic mass is 10.1. The van der Waals surface area contributed by atoms with Gasteiger partial charge in [0, 0.05) is 12.2 Å². The van der Waals surface area contributed by atoms with Gasteiger partial charge in [-0.3, -0.25) is 14.2 Å². The van der Waals surface area contributed by atoms with Crippen LogP contribution in [-0.4, -0.2) is 20.7 Å². The van der Waals surface area contributed by atoms with Crippen molar-refractivity contribution in [1.29, 1.82) is 0 Å². The molecule has 0 aliphatic rings. The van der Waals surface area contributed by atoms with E-state index < -0.39 is 5.25 Å². The molecule has 0 fully saturated rings. The Hall–Kier alpha value is -3.38. The van der Waals surface area contributed by atoms with E-state index in [9.17, 15) is 9.59 Å². The lowest BCUT2D eigenvalue weighted by Gasteiger charge is -2.17. The number of rotatable bonds is 8. The van der Waals surface area contributed by atoms with Crippen molar-refractivity contribution in [3.63, 3.8) is 0 Å². The second-order valence-corrected chi connectivity index (χ2v) is 9.33.